The Morgan fingerprint density at radius 1 is 1.22 bits per heavy atom. The van der Waals surface area contributed by atoms with Gasteiger partial charge in [0, 0.05) is 31.9 Å². The molecule has 0 radical (unpaired) electrons. The molecular formula is C14H20N4. The van der Waals surface area contributed by atoms with E-state index in [-0.39, 0.29) is 0 Å². The van der Waals surface area contributed by atoms with Crippen molar-refractivity contribution in [3.05, 3.63) is 17.5 Å². The summed E-state index contributed by atoms with van der Waals surface area (Å²) in [7, 11) is 2.13. The van der Waals surface area contributed by atoms with Crippen molar-refractivity contribution in [2.24, 2.45) is 0 Å². The molecule has 96 valence electrons. The highest BCUT2D eigenvalue weighted by atomic mass is 15.3. The predicted molar refractivity (Wildman–Crippen MR) is 73.8 cm³/mol. The van der Waals surface area contributed by atoms with Gasteiger partial charge in [0.05, 0.1) is 0 Å². The summed E-state index contributed by atoms with van der Waals surface area (Å²) in [6.07, 6.45) is 5.47. The molecular weight excluding hydrogens is 224 g/mol. The van der Waals surface area contributed by atoms with Gasteiger partial charge in [0.25, 0.3) is 0 Å². The molecule has 2 heterocycles. The average molecular weight is 244 g/mol. The molecule has 0 N–H and O–H groups in total. The van der Waals surface area contributed by atoms with E-state index in [1.54, 1.807) is 0 Å². The maximum absolute atomic E-state index is 5.47. The molecule has 0 bridgehead atoms. The Morgan fingerprint density at radius 3 is 2.44 bits per heavy atom. The van der Waals surface area contributed by atoms with E-state index in [1.165, 1.54) is 0 Å². The van der Waals surface area contributed by atoms with Gasteiger partial charge in [0.2, 0.25) is 5.95 Å². The lowest BCUT2D eigenvalue weighted by atomic mass is 10.1. The molecule has 0 spiro atoms. The first-order valence-corrected chi connectivity index (χ1v) is 6.39. The van der Waals surface area contributed by atoms with Crippen molar-refractivity contribution in [1.29, 1.82) is 0 Å². The fraction of sp³-hybridized carbons (Fsp3) is 0.571. The highest BCUT2D eigenvalue weighted by Gasteiger charge is 2.18. The summed E-state index contributed by atoms with van der Waals surface area (Å²) >= 11 is 0. The normalized spacial score (nSPS) is 16.9. The predicted octanol–water partition coefficient (Wildman–Crippen LogP) is 1.33. The summed E-state index contributed by atoms with van der Waals surface area (Å²) in [6, 6.07) is 1.91. The molecule has 0 atom stereocenters. The minimum absolute atomic E-state index is 0.367. The lowest BCUT2D eigenvalue weighted by Crippen LogP contribution is -2.45. The van der Waals surface area contributed by atoms with Crippen LogP contribution in [0.25, 0.3) is 0 Å². The number of hydrogen-bond donors (Lipinski definition) is 0. The molecule has 0 aromatic carbocycles. The standard InChI is InChI=1S/C14H20N4/c1-5-12-10-13(11(2)3)16-14(15-12)18-8-6-17(4)7-9-18/h1,10-11H,6-9H2,2-4H3. The number of piperazine rings is 1. The molecule has 1 saturated heterocycles. The fourth-order valence-electron chi connectivity index (χ4n) is 1.97. The van der Waals surface area contributed by atoms with E-state index in [9.17, 15) is 0 Å². The lowest BCUT2D eigenvalue weighted by Gasteiger charge is -2.32. The van der Waals surface area contributed by atoms with Gasteiger partial charge in [-0.05, 0) is 19.0 Å². The number of rotatable bonds is 2. The van der Waals surface area contributed by atoms with Crippen molar-refractivity contribution in [1.82, 2.24) is 14.9 Å². The minimum Gasteiger partial charge on any atom is -0.338 e. The van der Waals surface area contributed by atoms with Crippen molar-refractivity contribution in [2.45, 2.75) is 19.8 Å². The summed E-state index contributed by atoms with van der Waals surface area (Å²) in [5.41, 5.74) is 1.70. The highest BCUT2D eigenvalue weighted by molar-refractivity contribution is 5.38. The van der Waals surface area contributed by atoms with E-state index in [2.05, 4.69) is 46.6 Å². The maximum atomic E-state index is 5.47. The summed E-state index contributed by atoms with van der Waals surface area (Å²) in [5.74, 6) is 3.77. The average Bonchev–Trinajstić information content (AvgIpc) is 2.39. The molecule has 1 aromatic heterocycles. The maximum Gasteiger partial charge on any atom is 0.226 e. The van der Waals surface area contributed by atoms with E-state index < -0.39 is 0 Å². The summed E-state index contributed by atoms with van der Waals surface area (Å²) in [6.45, 7) is 8.25. The molecule has 0 aliphatic carbocycles. The van der Waals surface area contributed by atoms with Crippen LogP contribution < -0.4 is 4.90 Å². The third kappa shape index (κ3) is 2.80. The molecule has 0 saturated carbocycles. The third-order valence-corrected chi connectivity index (χ3v) is 3.26. The highest BCUT2D eigenvalue weighted by Crippen LogP contribution is 2.17. The lowest BCUT2D eigenvalue weighted by molar-refractivity contribution is 0.311. The Kier molecular flexibility index (Phi) is 3.83. The van der Waals surface area contributed by atoms with Gasteiger partial charge in [0.1, 0.15) is 5.69 Å². The van der Waals surface area contributed by atoms with Crippen molar-refractivity contribution in [3.63, 3.8) is 0 Å². The Hall–Kier alpha value is -1.60. The van der Waals surface area contributed by atoms with Gasteiger partial charge >= 0.3 is 0 Å². The van der Waals surface area contributed by atoms with Crippen LogP contribution in [0.2, 0.25) is 0 Å². The smallest absolute Gasteiger partial charge is 0.226 e. The largest absolute Gasteiger partial charge is 0.338 e. The van der Waals surface area contributed by atoms with Crippen LogP contribution in [0.1, 0.15) is 31.2 Å². The van der Waals surface area contributed by atoms with Crippen LogP contribution in [0.5, 0.6) is 0 Å². The fourth-order valence-corrected chi connectivity index (χ4v) is 1.97. The van der Waals surface area contributed by atoms with Crippen LogP contribution in [0.15, 0.2) is 6.07 Å². The quantitative estimate of drug-likeness (QED) is 0.735. The zero-order valence-corrected chi connectivity index (χ0v) is 11.3. The Labute approximate surface area is 109 Å². The molecule has 0 unspecified atom stereocenters. The molecule has 0 amide bonds. The summed E-state index contributed by atoms with van der Waals surface area (Å²) in [4.78, 5) is 13.6. The van der Waals surface area contributed by atoms with E-state index in [4.69, 9.17) is 6.42 Å². The number of nitrogens with zero attached hydrogens (tertiary/aromatic N) is 4. The van der Waals surface area contributed by atoms with Crippen LogP contribution in [-0.2, 0) is 0 Å². The van der Waals surface area contributed by atoms with Crippen LogP contribution in [0.4, 0.5) is 5.95 Å². The van der Waals surface area contributed by atoms with Crippen LogP contribution in [0, 0.1) is 12.3 Å². The number of anilines is 1. The van der Waals surface area contributed by atoms with Gasteiger partial charge in [-0.2, -0.15) is 0 Å². The Bertz CT molecular complexity index is 453. The number of terminal acetylenes is 1. The van der Waals surface area contributed by atoms with E-state index in [0.717, 1.165) is 37.8 Å². The summed E-state index contributed by atoms with van der Waals surface area (Å²) < 4.78 is 0. The third-order valence-electron chi connectivity index (χ3n) is 3.26. The van der Waals surface area contributed by atoms with Gasteiger partial charge in [-0.3, -0.25) is 0 Å². The van der Waals surface area contributed by atoms with E-state index >= 15 is 0 Å². The molecule has 1 aliphatic heterocycles. The monoisotopic (exact) mass is 244 g/mol. The van der Waals surface area contributed by atoms with Gasteiger partial charge in [0.15, 0.2) is 0 Å². The Morgan fingerprint density at radius 2 is 1.89 bits per heavy atom. The first-order valence-electron chi connectivity index (χ1n) is 6.39. The van der Waals surface area contributed by atoms with E-state index in [0.29, 0.717) is 11.6 Å². The second-order valence-electron chi connectivity index (χ2n) is 5.07. The zero-order chi connectivity index (χ0) is 13.1. The van der Waals surface area contributed by atoms with Crippen molar-refractivity contribution in [3.8, 4) is 12.3 Å². The number of likely N-dealkylation sites (N-methyl/N-ethyl adjacent to an activating group) is 1. The van der Waals surface area contributed by atoms with Crippen molar-refractivity contribution < 1.29 is 0 Å². The first-order chi connectivity index (χ1) is 8.60. The van der Waals surface area contributed by atoms with Crippen molar-refractivity contribution in [2.75, 3.05) is 38.1 Å². The van der Waals surface area contributed by atoms with Gasteiger partial charge in [-0.15, -0.1) is 6.42 Å². The molecule has 2 rings (SSSR count). The second-order valence-corrected chi connectivity index (χ2v) is 5.07. The molecule has 1 fully saturated rings. The molecule has 1 aliphatic rings. The van der Waals surface area contributed by atoms with Gasteiger partial charge < -0.3 is 9.80 Å². The van der Waals surface area contributed by atoms with Crippen molar-refractivity contribution >= 4 is 5.95 Å². The van der Waals surface area contributed by atoms with Crippen LogP contribution >= 0.6 is 0 Å². The van der Waals surface area contributed by atoms with Gasteiger partial charge in [-0.1, -0.05) is 19.8 Å². The second kappa shape index (κ2) is 5.36. The van der Waals surface area contributed by atoms with Crippen LogP contribution in [-0.4, -0.2) is 48.1 Å². The van der Waals surface area contributed by atoms with Gasteiger partial charge in [-0.25, -0.2) is 9.97 Å². The summed E-state index contributed by atoms with van der Waals surface area (Å²) in [5, 5.41) is 0. The molecule has 1 aromatic rings. The van der Waals surface area contributed by atoms with E-state index in [1.807, 2.05) is 6.07 Å². The zero-order valence-electron chi connectivity index (χ0n) is 11.3. The number of aromatic nitrogens is 2. The van der Waals surface area contributed by atoms with Crippen LogP contribution in [0.3, 0.4) is 0 Å². The molecule has 4 nitrogen and oxygen atoms in total. The number of hydrogen-bond acceptors (Lipinski definition) is 4. The molecule has 18 heavy (non-hydrogen) atoms. The SMILES string of the molecule is C#Cc1cc(C(C)C)nc(N2CCN(C)CC2)n1. The minimum atomic E-state index is 0.367. The topological polar surface area (TPSA) is 32.3 Å². The molecule has 4 heteroatoms. The Balaban J connectivity index is 2.27. The first kappa shape index (κ1) is 12.8.